The summed E-state index contributed by atoms with van der Waals surface area (Å²) in [6.45, 7) is 7.85. The van der Waals surface area contributed by atoms with Crippen molar-refractivity contribution in [3.63, 3.8) is 0 Å². The smallest absolute Gasteiger partial charge is 0.410 e. The van der Waals surface area contributed by atoms with Crippen LogP contribution >= 0.6 is 0 Å². The van der Waals surface area contributed by atoms with Crippen molar-refractivity contribution >= 4 is 6.09 Å². The molecule has 23 heavy (non-hydrogen) atoms. The van der Waals surface area contributed by atoms with E-state index >= 15 is 0 Å². The zero-order valence-electron chi connectivity index (χ0n) is 14.1. The van der Waals surface area contributed by atoms with Crippen molar-refractivity contribution in [1.82, 2.24) is 4.90 Å². The summed E-state index contributed by atoms with van der Waals surface area (Å²) in [4.78, 5) is 14.2. The first-order chi connectivity index (χ1) is 10.9. The third-order valence-electron chi connectivity index (χ3n) is 4.38. The van der Waals surface area contributed by atoms with E-state index in [9.17, 15) is 4.79 Å². The molecule has 1 saturated heterocycles. The first-order valence-corrected chi connectivity index (χ1v) is 8.30. The summed E-state index contributed by atoms with van der Waals surface area (Å²) in [5.74, 6) is 1.67. The van der Waals surface area contributed by atoms with Gasteiger partial charge in [0.2, 0.25) is 0 Å². The molecule has 0 spiro atoms. The van der Waals surface area contributed by atoms with Crippen molar-refractivity contribution in [2.75, 3.05) is 19.7 Å². The molecule has 2 atom stereocenters. The van der Waals surface area contributed by atoms with Crippen LogP contribution in [0.15, 0.2) is 47.8 Å². The molecule has 1 fully saturated rings. The Bertz CT molecular complexity index is 592. The van der Waals surface area contributed by atoms with Crippen LogP contribution in [0.25, 0.3) is 0 Å². The Labute approximate surface area is 138 Å². The second-order valence-corrected chi connectivity index (χ2v) is 7.31. The van der Waals surface area contributed by atoms with Crippen LogP contribution in [0.4, 0.5) is 4.79 Å². The molecule has 0 aromatic heterocycles. The molecule has 2 aliphatic heterocycles. The Hall–Kier alpha value is -1.97. The minimum atomic E-state index is -0.455. The molecule has 4 heteroatoms. The number of carbonyl (C=O) groups is 1. The van der Waals surface area contributed by atoms with Crippen LogP contribution in [-0.4, -0.2) is 36.3 Å². The lowest BCUT2D eigenvalue weighted by Crippen LogP contribution is -2.35. The van der Waals surface area contributed by atoms with Crippen LogP contribution in [0.2, 0.25) is 0 Å². The number of nitrogens with zero attached hydrogens (tertiary/aromatic N) is 1. The van der Waals surface area contributed by atoms with Crippen molar-refractivity contribution in [3.05, 3.63) is 47.8 Å². The third-order valence-corrected chi connectivity index (χ3v) is 4.38. The summed E-state index contributed by atoms with van der Waals surface area (Å²) in [5, 5.41) is 0. The van der Waals surface area contributed by atoms with E-state index in [-0.39, 0.29) is 6.09 Å². The summed E-state index contributed by atoms with van der Waals surface area (Å²) in [7, 11) is 0. The zero-order valence-corrected chi connectivity index (χ0v) is 14.1. The molecular formula is C19H25NO3. The topological polar surface area (TPSA) is 38.8 Å². The fraction of sp³-hybridized carbons (Fsp3) is 0.526. The highest BCUT2D eigenvalue weighted by molar-refractivity contribution is 5.68. The van der Waals surface area contributed by atoms with E-state index in [2.05, 4.69) is 6.08 Å². The lowest BCUT2D eigenvalue weighted by atomic mass is 9.86. The summed E-state index contributed by atoms with van der Waals surface area (Å²) >= 11 is 0. The summed E-state index contributed by atoms with van der Waals surface area (Å²) in [5.41, 5.74) is 0.738. The van der Waals surface area contributed by atoms with Gasteiger partial charge in [-0.25, -0.2) is 4.79 Å². The Morgan fingerprint density at radius 3 is 2.65 bits per heavy atom. The van der Waals surface area contributed by atoms with Crippen molar-refractivity contribution in [1.29, 1.82) is 0 Å². The van der Waals surface area contributed by atoms with E-state index in [1.165, 1.54) is 5.57 Å². The van der Waals surface area contributed by atoms with Crippen LogP contribution in [0.5, 0.6) is 0 Å². The maximum Gasteiger partial charge on any atom is 0.410 e. The van der Waals surface area contributed by atoms with Crippen molar-refractivity contribution in [2.45, 2.75) is 32.8 Å². The number of hydrogen-bond donors (Lipinski definition) is 0. The van der Waals surface area contributed by atoms with Gasteiger partial charge in [-0.1, -0.05) is 30.4 Å². The van der Waals surface area contributed by atoms with E-state index in [1.807, 2.05) is 56.1 Å². The third kappa shape index (κ3) is 3.69. The van der Waals surface area contributed by atoms with Gasteiger partial charge in [-0.2, -0.15) is 0 Å². The molecule has 0 aromatic carbocycles. The summed E-state index contributed by atoms with van der Waals surface area (Å²) in [6, 6.07) is 0. The van der Waals surface area contributed by atoms with Crippen LogP contribution in [-0.2, 0) is 9.47 Å². The van der Waals surface area contributed by atoms with Gasteiger partial charge in [0, 0.05) is 19.0 Å². The number of rotatable bonds is 0. The molecule has 3 rings (SSSR count). The predicted molar refractivity (Wildman–Crippen MR) is 89.8 cm³/mol. The second-order valence-electron chi connectivity index (χ2n) is 7.31. The van der Waals surface area contributed by atoms with E-state index in [0.717, 1.165) is 18.7 Å². The lowest BCUT2D eigenvalue weighted by molar-refractivity contribution is 0.0282. The summed E-state index contributed by atoms with van der Waals surface area (Å²) in [6.07, 6.45) is 12.9. The summed E-state index contributed by atoms with van der Waals surface area (Å²) < 4.78 is 11.5. The number of amides is 1. The largest absolute Gasteiger partial charge is 0.493 e. The molecule has 0 bridgehead atoms. The monoisotopic (exact) mass is 315 g/mol. The highest BCUT2D eigenvalue weighted by Gasteiger charge is 2.40. The number of allylic oxidation sites excluding steroid dienone is 6. The maximum atomic E-state index is 12.4. The molecule has 2 unspecified atom stereocenters. The number of carbonyl (C=O) groups excluding carboxylic acids is 1. The molecule has 0 radical (unpaired) electrons. The highest BCUT2D eigenvalue weighted by Crippen LogP contribution is 2.38. The number of hydrogen-bond acceptors (Lipinski definition) is 3. The molecule has 124 valence electrons. The van der Waals surface area contributed by atoms with Gasteiger partial charge in [-0.3, -0.25) is 0 Å². The van der Waals surface area contributed by atoms with Gasteiger partial charge in [0.05, 0.1) is 6.61 Å². The van der Waals surface area contributed by atoms with Crippen LogP contribution < -0.4 is 0 Å². The van der Waals surface area contributed by atoms with Crippen molar-refractivity contribution in [2.24, 2.45) is 11.8 Å². The van der Waals surface area contributed by atoms with E-state index in [1.54, 1.807) is 0 Å². The average molecular weight is 315 g/mol. The Balaban J connectivity index is 1.81. The molecule has 0 aromatic rings. The van der Waals surface area contributed by atoms with Gasteiger partial charge in [-0.05, 0) is 44.8 Å². The number of ether oxygens (including phenoxy) is 2. The van der Waals surface area contributed by atoms with Gasteiger partial charge in [0.1, 0.15) is 11.4 Å². The van der Waals surface area contributed by atoms with Crippen molar-refractivity contribution < 1.29 is 14.3 Å². The number of likely N-dealkylation sites (tertiary alicyclic amines) is 1. The molecule has 1 amide bonds. The van der Waals surface area contributed by atoms with Crippen LogP contribution in [0.1, 0.15) is 27.2 Å². The minimum absolute atomic E-state index is 0.209. The van der Waals surface area contributed by atoms with Gasteiger partial charge in [0.25, 0.3) is 0 Å². The maximum absolute atomic E-state index is 12.4. The highest BCUT2D eigenvalue weighted by atomic mass is 16.6. The fourth-order valence-corrected chi connectivity index (χ4v) is 3.36. The molecule has 2 heterocycles. The van der Waals surface area contributed by atoms with Gasteiger partial charge >= 0.3 is 6.09 Å². The standard InChI is InChI=1S/C19H25NO3/c1-19(2,3)23-18(21)20-12-14-10-11-22-17-9-7-5-4-6-8-15(17)16(14)13-20/h4-9,14,16H,10-13H2,1-3H3/b5-4-,6-4?,7-5?,8-6-,9-7-,15-8?,17-9?. The first-order valence-electron chi connectivity index (χ1n) is 8.30. The lowest BCUT2D eigenvalue weighted by Gasteiger charge is -2.24. The first kappa shape index (κ1) is 15.9. The predicted octanol–water partition coefficient (Wildman–Crippen LogP) is 3.83. The quantitative estimate of drug-likeness (QED) is 0.682. The molecule has 3 aliphatic rings. The Morgan fingerprint density at radius 1 is 1.17 bits per heavy atom. The molecule has 4 nitrogen and oxygen atoms in total. The van der Waals surface area contributed by atoms with E-state index in [0.29, 0.717) is 25.0 Å². The average Bonchev–Trinajstić information content (AvgIpc) is 2.77. The Kier molecular flexibility index (Phi) is 4.33. The van der Waals surface area contributed by atoms with Crippen molar-refractivity contribution in [3.8, 4) is 0 Å². The minimum Gasteiger partial charge on any atom is -0.493 e. The SMILES string of the molecule is CC(C)(C)OC(=O)N1CC2CCOC3=C(\C=C/C=C\C=C/3)C2C1. The fourth-order valence-electron chi connectivity index (χ4n) is 3.36. The van der Waals surface area contributed by atoms with E-state index < -0.39 is 5.60 Å². The van der Waals surface area contributed by atoms with Crippen LogP contribution in [0.3, 0.4) is 0 Å². The molecule has 0 N–H and O–H groups in total. The normalized spacial score (nSPS) is 31.0. The Morgan fingerprint density at radius 2 is 1.91 bits per heavy atom. The van der Waals surface area contributed by atoms with E-state index in [4.69, 9.17) is 9.47 Å². The second kappa shape index (κ2) is 6.26. The van der Waals surface area contributed by atoms with Gasteiger partial charge in [0.15, 0.2) is 0 Å². The number of fused-ring (bicyclic) bond motifs is 2. The zero-order chi connectivity index (χ0) is 16.4. The van der Waals surface area contributed by atoms with Crippen LogP contribution in [0, 0.1) is 11.8 Å². The van der Waals surface area contributed by atoms with Gasteiger partial charge < -0.3 is 14.4 Å². The molecule has 1 aliphatic carbocycles. The molecular weight excluding hydrogens is 290 g/mol. The van der Waals surface area contributed by atoms with Gasteiger partial charge in [-0.15, -0.1) is 0 Å². The molecule has 0 saturated carbocycles.